The Bertz CT molecular complexity index is 942. The van der Waals surface area contributed by atoms with E-state index in [1.54, 1.807) is 31.4 Å². The summed E-state index contributed by atoms with van der Waals surface area (Å²) in [4.78, 5) is 24.1. The van der Waals surface area contributed by atoms with Gasteiger partial charge in [0.1, 0.15) is 0 Å². The summed E-state index contributed by atoms with van der Waals surface area (Å²) in [5.74, 6) is -0.410. The predicted octanol–water partition coefficient (Wildman–Crippen LogP) is 2.99. The van der Waals surface area contributed by atoms with Gasteiger partial charge in [0, 0.05) is 43.6 Å². The normalized spacial score (nSPS) is 11.1. The Morgan fingerprint density at radius 2 is 1.53 bits per heavy atom. The van der Waals surface area contributed by atoms with E-state index in [4.69, 9.17) is 4.74 Å². The van der Waals surface area contributed by atoms with Gasteiger partial charge in [-0.1, -0.05) is 6.92 Å². The highest BCUT2D eigenvalue weighted by Crippen LogP contribution is 2.16. The van der Waals surface area contributed by atoms with Gasteiger partial charge in [0.05, 0.1) is 4.90 Å². The Kier molecular flexibility index (Phi) is 8.97. The molecule has 0 aliphatic rings. The number of benzene rings is 2. The van der Waals surface area contributed by atoms with Crippen molar-refractivity contribution >= 4 is 33.2 Å². The van der Waals surface area contributed by atoms with Gasteiger partial charge in [-0.05, 0) is 61.4 Å². The summed E-state index contributed by atoms with van der Waals surface area (Å²) >= 11 is 0. The zero-order valence-corrected chi connectivity index (χ0v) is 17.9. The molecule has 2 aromatic carbocycles. The summed E-state index contributed by atoms with van der Waals surface area (Å²) in [6, 6.07) is 12.5. The van der Waals surface area contributed by atoms with Crippen molar-refractivity contribution in [1.82, 2.24) is 4.72 Å². The second-order valence-corrected chi connectivity index (χ2v) is 8.37. The van der Waals surface area contributed by atoms with Gasteiger partial charge in [0.15, 0.2) is 0 Å². The lowest BCUT2D eigenvalue weighted by Crippen LogP contribution is -2.25. The summed E-state index contributed by atoms with van der Waals surface area (Å²) in [5.41, 5.74) is 1.51. The molecule has 0 radical (unpaired) electrons. The van der Waals surface area contributed by atoms with Crippen LogP contribution in [0.4, 0.5) is 11.4 Å². The molecule has 9 heteroatoms. The van der Waals surface area contributed by atoms with Crippen molar-refractivity contribution in [3.63, 3.8) is 0 Å². The molecule has 8 nitrogen and oxygen atoms in total. The van der Waals surface area contributed by atoms with Gasteiger partial charge >= 0.3 is 0 Å². The lowest BCUT2D eigenvalue weighted by atomic mass is 10.2. The molecule has 2 aromatic rings. The smallest absolute Gasteiger partial charge is 0.255 e. The molecule has 0 saturated heterocycles. The molecule has 0 unspecified atom stereocenters. The Hall–Kier alpha value is -2.75. The number of methoxy groups -OCH3 is 1. The molecule has 30 heavy (non-hydrogen) atoms. The standard InChI is InChI=1S/C21H27N3O5S/c1-3-5-20(25)23-17-8-6-16(7-9-17)21(26)24-18-10-12-19(13-11-18)30(27,28)22-14-4-15-29-2/h6-13,22H,3-5,14-15H2,1-2H3,(H,23,25)(H,24,26). The van der Waals surface area contributed by atoms with Gasteiger partial charge in [-0.15, -0.1) is 0 Å². The highest BCUT2D eigenvalue weighted by molar-refractivity contribution is 7.89. The van der Waals surface area contributed by atoms with Gasteiger partial charge in [0.25, 0.3) is 5.91 Å². The molecule has 0 atom stereocenters. The van der Waals surface area contributed by atoms with Crippen LogP contribution in [0.15, 0.2) is 53.4 Å². The summed E-state index contributed by atoms with van der Waals surface area (Å²) in [7, 11) is -2.05. The second kappa shape index (κ2) is 11.4. The zero-order valence-electron chi connectivity index (χ0n) is 17.1. The number of amides is 2. The van der Waals surface area contributed by atoms with Crippen LogP contribution < -0.4 is 15.4 Å². The molecule has 2 amide bonds. The first-order valence-electron chi connectivity index (χ1n) is 9.65. The van der Waals surface area contributed by atoms with Crippen LogP contribution in [0.25, 0.3) is 0 Å². The predicted molar refractivity (Wildman–Crippen MR) is 116 cm³/mol. The molecule has 3 N–H and O–H groups in total. The summed E-state index contributed by atoms with van der Waals surface area (Å²) in [6.45, 7) is 2.68. The maximum absolute atomic E-state index is 12.4. The fourth-order valence-electron chi connectivity index (χ4n) is 2.58. The average Bonchev–Trinajstić information content (AvgIpc) is 2.72. The molecular weight excluding hydrogens is 406 g/mol. The van der Waals surface area contributed by atoms with Crippen molar-refractivity contribution in [2.24, 2.45) is 0 Å². The summed E-state index contributed by atoms with van der Waals surface area (Å²) in [6.07, 6.45) is 1.78. The fraction of sp³-hybridized carbons (Fsp3) is 0.333. The Balaban J connectivity index is 1.95. The van der Waals surface area contributed by atoms with Gasteiger partial charge in [-0.2, -0.15) is 0 Å². The van der Waals surface area contributed by atoms with Crippen molar-refractivity contribution < 1.29 is 22.7 Å². The van der Waals surface area contributed by atoms with Gasteiger partial charge in [0.2, 0.25) is 15.9 Å². The van der Waals surface area contributed by atoms with Crippen LogP contribution in [0.5, 0.6) is 0 Å². The first-order chi connectivity index (χ1) is 14.4. The van der Waals surface area contributed by atoms with E-state index in [0.717, 1.165) is 6.42 Å². The minimum atomic E-state index is -3.61. The minimum absolute atomic E-state index is 0.0714. The van der Waals surface area contributed by atoms with Crippen molar-refractivity contribution in [1.29, 1.82) is 0 Å². The Labute approximate surface area is 177 Å². The minimum Gasteiger partial charge on any atom is -0.385 e. The van der Waals surface area contributed by atoms with Gasteiger partial charge < -0.3 is 15.4 Å². The molecule has 0 fully saturated rings. The van der Waals surface area contributed by atoms with Crippen LogP contribution in [0.2, 0.25) is 0 Å². The highest BCUT2D eigenvalue weighted by atomic mass is 32.2. The Morgan fingerprint density at radius 1 is 0.933 bits per heavy atom. The maximum Gasteiger partial charge on any atom is 0.255 e. The van der Waals surface area contributed by atoms with E-state index in [2.05, 4.69) is 15.4 Å². The third-order valence-corrected chi connectivity index (χ3v) is 5.62. The number of carbonyl (C=O) groups excluding carboxylic acids is 2. The molecule has 0 aromatic heterocycles. The topological polar surface area (TPSA) is 114 Å². The van der Waals surface area contributed by atoms with E-state index >= 15 is 0 Å². The molecule has 2 rings (SSSR count). The Morgan fingerprint density at radius 3 is 2.13 bits per heavy atom. The van der Waals surface area contributed by atoms with Crippen molar-refractivity contribution in [2.75, 3.05) is 30.9 Å². The van der Waals surface area contributed by atoms with E-state index in [9.17, 15) is 18.0 Å². The van der Waals surface area contributed by atoms with Crippen molar-refractivity contribution in [3.8, 4) is 0 Å². The van der Waals surface area contributed by atoms with Crippen LogP contribution in [0.1, 0.15) is 36.5 Å². The van der Waals surface area contributed by atoms with Crippen LogP contribution in [-0.2, 0) is 19.6 Å². The lowest BCUT2D eigenvalue weighted by Gasteiger charge is -2.09. The van der Waals surface area contributed by atoms with E-state index in [-0.39, 0.29) is 23.3 Å². The number of ether oxygens (including phenoxy) is 1. The maximum atomic E-state index is 12.4. The first kappa shape index (κ1) is 23.5. The molecule has 0 heterocycles. The second-order valence-electron chi connectivity index (χ2n) is 6.60. The van der Waals surface area contributed by atoms with E-state index in [1.165, 1.54) is 24.3 Å². The van der Waals surface area contributed by atoms with Crippen LogP contribution in [0, 0.1) is 0 Å². The van der Waals surface area contributed by atoms with E-state index in [0.29, 0.717) is 36.4 Å². The molecule has 0 saturated carbocycles. The number of hydrogen-bond acceptors (Lipinski definition) is 5. The lowest BCUT2D eigenvalue weighted by molar-refractivity contribution is -0.116. The van der Waals surface area contributed by atoms with Crippen LogP contribution in [0.3, 0.4) is 0 Å². The van der Waals surface area contributed by atoms with Crippen LogP contribution in [-0.4, -0.2) is 40.5 Å². The fourth-order valence-corrected chi connectivity index (χ4v) is 3.66. The number of hydrogen-bond donors (Lipinski definition) is 3. The molecular formula is C21H27N3O5S. The largest absolute Gasteiger partial charge is 0.385 e. The number of sulfonamides is 1. The first-order valence-corrected chi connectivity index (χ1v) is 11.1. The van der Waals surface area contributed by atoms with Gasteiger partial charge in [-0.3, -0.25) is 9.59 Å². The number of nitrogens with one attached hydrogen (secondary N) is 3. The molecule has 0 aliphatic heterocycles. The highest BCUT2D eigenvalue weighted by Gasteiger charge is 2.14. The van der Waals surface area contributed by atoms with E-state index < -0.39 is 10.0 Å². The monoisotopic (exact) mass is 433 g/mol. The molecule has 0 aliphatic carbocycles. The summed E-state index contributed by atoms with van der Waals surface area (Å²) in [5, 5.41) is 5.48. The number of rotatable bonds is 11. The third-order valence-electron chi connectivity index (χ3n) is 4.15. The van der Waals surface area contributed by atoms with E-state index in [1.807, 2.05) is 6.92 Å². The zero-order chi connectivity index (χ0) is 22.0. The molecule has 0 bridgehead atoms. The SMILES string of the molecule is CCCC(=O)Nc1ccc(C(=O)Nc2ccc(S(=O)(=O)NCCCOC)cc2)cc1. The molecule has 162 valence electrons. The van der Waals surface area contributed by atoms with Gasteiger partial charge in [-0.25, -0.2) is 13.1 Å². The number of carbonyl (C=O) groups is 2. The third kappa shape index (κ3) is 7.25. The average molecular weight is 434 g/mol. The van der Waals surface area contributed by atoms with Crippen molar-refractivity contribution in [3.05, 3.63) is 54.1 Å². The summed E-state index contributed by atoms with van der Waals surface area (Å²) < 4.78 is 31.8. The van der Waals surface area contributed by atoms with Crippen LogP contribution >= 0.6 is 0 Å². The van der Waals surface area contributed by atoms with Crippen molar-refractivity contribution in [2.45, 2.75) is 31.1 Å². The number of anilines is 2. The quantitative estimate of drug-likeness (QED) is 0.472. The molecule has 0 spiro atoms.